The van der Waals surface area contributed by atoms with Crippen LogP contribution in [0.2, 0.25) is 0 Å². The summed E-state index contributed by atoms with van der Waals surface area (Å²) in [5.41, 5.74) is 0. The van der Waals surface area contributed by atoms with Crippen LogP contribution in [0, 0.1) is 0 Å². The molecular formula is C9H10O4S. The summed E-state index contributed by atoms with van der Waals surface area (Å²) in [6.07, 6.45) is 0. The minimum absolute atomic E-state index is 0.00852. The molecule has 1 rings (SSSR count). The van der Waals surface area contributed by atoms with E-state index in [2.05, 4.69) is 0 Å². The van der Waals surface area contributed by atoms with E-state index in [0.717, 1.165) is 6.92 Å². The van der Waals surface area contributed by atoms with Crippen LogP contribution in [0.15, 0.2) is 29.2 Å². The zero-order valence-corrected chi connectivity index (χ0v) is 8.67. The van der Waals surface area contributed by atoms with Gasteiger partial charge in [0.05, 0.1) is 12.0 Å². The van der Waals surface area contributed by atoms with Gasteiger partial charge in [0.15, 0.2) is 0 Å². The largest absolute Gasteiger partial charge is 0.497 e. The quantitative estimate of drug-likeness (QED) is 0.737. The van der Waals surface area contributed by atoms with Crippen molar-refractivity contribution >= 4 is 15.0 Å². The normalized spacial score (nSPS) is 11.0. The van der Waals surface area contributed by atoms with Gasteiger partial charge in [-0.3, -0.25) is 4.79 Å². The molecule has 0 fully saturated rings. The molecule has 76 valence electrons. The Morgan fingerprint density at radius 1 is 1.21 bits per heavy atom. The van der Waals surface area contributed by atoms with Crippen LogP contribution >= 0.6 is 0 Å². The molecule has 1 aromatic rings. The summed E-state index contributed by atoms with van der Waals surface area (Å²) in [6.45, 7) is 1.03. The third-order valence-electron chi connectivity index (χ3n) is 1.75. The number of carbonyl (C=O) groups is 1. The fourth-order valence-electron chi connectivity index (χ4n) is 0.921. The highest BCUT2D eigenvalue weighted by Crippen LogP contribution is 2.16. The number of sulfone groups is 1. The predicted molar refractivity (Wildman–Crippen MR) is 50.9 cm³/mol. The van der Waals surface area contributed by atoms with E-state index < -0.39 is 15.0 Å². The molecular weight excluding hydrogens is 204 g/mol. The Bertz CT molecular complexity index is 430. The third kappa shape index (κ3) is 1.93. The first-order valence-corrected chi connectivity index (χ1v) is 5.36. The monoisotopic (exact) mass is 214 g/mol. The second kappa shape index (κ2) is 3.79. The number of hydrogen-bond acceptors (Lipinski definition) is 4. The first kappa shape index (κ1) is 10.7. The van der Waals surface area contributed by atoms with Gasteiger partial charge in [-0.1, -0.05) is 0 Å². The Hall–Kier alpha value is -1.36. The van der Waals surface area contributed by atoms with Gasteiger partial charge in [0.2, 0.25) is 15.0 Å². The topological polar surface area (TPSA) is 60.4 Å². The van der Waals surface area contributed by atoms with Crippen LogP contribution in [0.5, 0.6) is 5.75 Å². The maximum Gasteiger partial charge on any atom is 0.248 e. The highest BCUT2D eigenvalue weighted by atomic mass is 32.2. The molecule has 0 unspecified atom stereocenters. The highest BCUT2D eigenvalue weighted by molar-refractivity contribution is 8.06. The minimum atomic E-state index is -3.80. The van der Waals surface area contributed by atoms with E-state index in [1.807, 2.05) is 0 Å². The van der Waals surface area contributed by atoms with Crippen LogP contribution in [-0.2, 0) is 14.6 Å². The zero-order valence-electron chi connectivity index (χ0n) is 7.85. The van der Waals surface area contributed by atoms with Crippen LogP contribution in [-0.4, -0.2) is 20.6 Å². The summed E-state index contributed by atoms with van der Waals surface area (Å²) in [5.74, 6) is 0.549. The maximum absolute atomic E-state index is 11.3. The van der Waals surface area contributed by atoms with Crippen molar-refractivity contribution in [1.82, 2.24) is 0 Å². The fraction of sp³-hybridized carbons (Fsp3) is 0.222. The van der Waals surface area contributed by atoms with E-state index in [4.69, 9.17) is 4.74 Å². The van der Waals surface area contributed by atoms with Gasteiger partial charge in [0.25, 0.3) is 0 Å². The van der Waals surface area contributed by atoms with Gasteiger partial charge < -0.3 is 4.74 Å². The molecule has 0 saturated heterocycles. The van der Waals surface area contributed by atoms with Crippen molar-refractivity contribution in [3.05, 3.63) is 24.3 Å². The predicted octanol–water partition coefficient (Wildman–Crippen LogP) is 1.02. The number of carbonyl (C=O) groups excluding carboxylic acids is 1. The van der Waals surface area contributed by atoms with E-state index in [9.17, 15) is 13.2 Å². The number of ether oxygens (including phenoxy) is 1. The molecule has 4 nitrogen and oxygen atoms in total. The molecule has 0 amide bonds. The Labute approximate surface area is 82.4 Å². The van der Waals surface area contributed by atoms with E-state index in [1.165, 1.54) is 31.4 Å². The summed E-state index contributed by atoms with van der Waals surface area (Å²) in [4.78, 5) is 10.8. The van der Waals surface area contributed by atoms with Crippen LogP contribution in [0.4, 0.5) is 0 Å². The molecule has 0 bridgehead atoms. The molecule has 0 aromatic heterocycles. The summed E-state index contributed by atoms with van der Waals surface area (Å²) in [5, 5.41) is -0.859. The SMILES string of the molecule is COc1ccc(S(=O)(=O)C(C)=O)cc1. The van der Waals surface area contributed by atoms with Gasteiger partial charge in [0, 0.05) is 6.92 Å². The highest BCUT2D eigenvalue weighted by Gasteiger charge is 2.19. The summed E-state index contributed by atoms with van der Waals surface area (Å²) in [6, 6.07) is 5.68. The van der Waals surface area contributed by atoms with E-state index in [0.29, 0.717) is 5.75 Å². The van der Waals surface area contributed by atoms with Crippen LogP contribution < -0.4 is 4.74 Å². The van der Waals surface area contributed by atoms with Crippen molar-refractivity contribution in [2.24, 2.45) is 0 Å². The second-order valence-electron chi connectivity index (χ2n) is 2.67. The lowest BCUT2D eigenvalue weighted by Crippen LogP contribution is -2.10. The smallest absolute Gasteiger partial charge is 0.248 e. The van der Waals surface area contributed by atoms with Crippen molar-refractivity contribution in [2.45, 2.75) is 11.8 Å². The second-order valence-corrected chi connectivity index (χ2v) is 4.72. The number of hydrogen-bond donors (Lipinski definition) is 0. The molecule has 0 aliphatic carbocycles. The van der Waals surface area contributed by atoms with Crippen LogP contribution in [0.1, 0.15) is 6.92 Å². The average molecular weight is 214 g/mol. The lowest BCUT2D eigenvalue weighted by molar-refractivity contribution is -0.109. The summed E-state index contributed by atoms with van der Waals surface area (Å²) in [7, 11) is -2.32. The summed E-state index contributed by atoms with van der Waals surface area (Å²) < 4.78 is 27.5. The van der Waals surface area contributed by atoms with Crippen LogP contribution in [0.3, 0.4) is 0 Å². The molecule has 0 aliphatic rings. The third-order valence-corrected chi connectivity index (χ3v) is 3.40. The first-order valence-electron chi connectivity index (χ1n) is 3.88. The minimum Gasteiger partial charge on any atom is -0.497 e. The fourth-order valence-corrected chi connectivity index (χ4v) is 1.75. The Balaban J connectivity index is 3.16. The molecule has 0 aliphatic heterocycles. The Morgan fingerprint density at radius 3 is 2.07 bits per heavy atom. The summed E-state index contributed by atoms with van der Waals surface area (Å²) >= 11 is 0. The average Bonchev–Trinajstić information content (AvgIpc) is 2.17. The Morgan fingerprint density at radius 2 is 1.71 bits per heavy atom. The molecule has 0 saturated carbocycles. The van der Waals surface area contributed by atoms with Crippen molar-refractivity contribution in [2.75, 3.05) is 7.11 Å². The van der Waals surface area contributed by atoms with Crippen molar-refractivity contribution in [1.29, 1.82) is 0 Å². The van der Waals surface area contributed by atoms with Crippen molar-refractivity contribution in [3.8, 4) is 5.75 Å². The Kier molecular flexibility index (Phi) is 2.90. The molecule has 1 aromatic carbocycles. The lowest BCUT2D eigenvalue weighted by atomic mass is 10.3. The van der Waals surface area contributed by atoms with Gasteiger partial charge >= 0.3 is 0 Å². The van der Waals surface area contributed by atoms with Crippen LogP contribution in [0.25, 0.3) is 0 Å². The molecule has 0 spiro atoms. The number of rotatable bonds is 2. The van der Waals surface area contributed by atoms with E-state index in [1.54, 1.807) is 0 Å². The van der Waals surface area contributed by atoms with Crippen molar-refractivity contribution < 1.29 is 17.9 Å². The van der Waals surface area contributed by atoms with Gasteiger partial charge in [-0.05, 0) is 24.3 Å². The zero-order chi connectivity index (χ0) is 10.8. The van der Waals surface area contributed by atoms with Gasteiger partial charge in [-0.25, -0.2) is 8.42 Å². The molecule has 0 atom stereocenters. The molecule has 0 radical (unpaired) electrons. The van der Waals surface area contributed by atoms with Gasteiger partial charge in [-0.2, -0.15) is 0 Å². The van der Waals surface area contributed by atoms with E-state index >= 15 is 0 Å². The molecule has 5 heteroatoms. The lowest BCUT2D eigenvalue weighted by Gasteiger charge is -2.01. The molecule has 0 heterocycles. The standard InChI is InChI=1S/C9H10O4S/c1-7(10)14(11,12)9-5-3-8(13-2)4-6-9/h3-6H,1-2H3. The molecule has 14 heavy (non-hydrogen) atoms. The van der Waals surface area contributed by atoms with Crippen molar-refractivity contribution in [3.63, 3.8) is 0 Å². The van der Waals surface area contributed by atoms with Gasteiger partial charge in [-0.15, -0.1) is 0 Å². The molecule has 0 N–H and O–H groups in total. The van der Waals surface area contributed by atoms with Gasteiger partial charge in [0.1, 0.15) is 5.75 Å². The number of benzene rings is 1. The van der Waals surface area contributed by atoms with E-state index in [-0.39, 0.29) is 4.90 Å². The first-order chi connectivity index (χ1) is 6.48. The number of methoxy groups -OCH3 is 1. The maximum atomic E-state index is 11.3.